The molecule has 29 heavy (non-hydrogen) atoms. The van der Waals surface area contributed by atoms with Crippen LogP contribution in [-0.2, 0) is 11.1 Å². The minimum Gasteiger partial charge on any atom is -0.427 e. The number of rotatable bonds is 6. The van der Waals surface area contributed by atoms with Gasteiger partial charge in [0.05, 0.1) is 11.2 Å². The van der Waals surface area contributed by atoms with E-state index in [0.29, 0.717) is 6.54 Å². The zero-order chi connectivity index (χ0) is 21.4. The molecule has 0 bridgehead atoms. The number of carbonyl (C=O) groups excluding carboxylic acids is 1. The summed E-state index contributed by atoms with van der Waals surface area (Å²) in [5, 5.41) is 10.3. The van der Waals surface area contributed by atoms with Gasteiger partial charge in [-0.2, -0.15) is 0 Å². The first-order chi connectivity index (χ1) is 13.5. The van der Waals surface area contributed by atoms with E-state index in [-0.39, 0.29) is 5.91 Å². The maximum absolute atomic E-state index is 13.1. The third-order valence-corrected chi connectivity index (χ3v) is 5.83. The summed E-state index contributed by atoms with van der Waals surface area (Å²) in [4.78, 5) is 17.0. The highest BCUT2D eigenvalue weighted by atomic mass is 16.5. The Morgan fingerprint density at radius 2 is 1.83 bits per heavy atom. The predicted octanol–water partition coefficient (Wildman–Crippen LogP) is 2.77. The van der Waals surface area contributed by atoms with Crippen molar-refractivity contribution in [2.24, 2.45) is 0 Å². The lowest BCUT2D eigenvalue weighted by atomic mass is 9.82. The molecule has 0 aromatic heterocycles. The second kappa shape index (κ2) is 7.84. The molecular weight excluding hydrogens is 363 g/mol. The highest BCUT2D eigenvalue weighted by molar-refractivity contribution is 6.47. The molecular formula is C23H30BN2O3. The number of amides is 1. The number of hydrogen-bond acceptors (Lipinski definition) is 4. The molecule has 0 aliphatic carbocycles. The standard InChI is InChI=1S/C23H30BN2O3/c1-22(2,28)23(3,4)29-24-17-8-7-9-19(15-17)26-13-12-16-14-18(25(5)6)10-11-20(16)21(26)27/h7-11,14-15,28H,12-13H2,1-6H3. The van der Waals surface area contributed by atoms with Gasteiger partial charge in [-0.15, -0.1) is 0 Å². The van der Waals surface area contributed by atoms with Gasteiger partial charge in [-0.1, -0.05) is 17.6 Å². The third-order valence-electron chi connectivity index (χ3n) is 5.83. The Balaban J connectivity index is 1.78. The molecule has 0 atom stereocenters. The van der Waals surface area contributed by atoms with Gasteiger partial charge in [-0.25, -0.2) is 0 Å². The predicted molar refractivity (Wildman–Crippen MR) is 119 cm³/mol. The highest BCUT2D eigenvalue weighted by Gasteiger charge is 2.35. The Hall–Kier alpha value is -2.31. The summed E-state index contributed by atoms with van der Waals surface area (Å²) in [5.74, 6) is 0.0199. The van der Waals surface area contributed by atoms with Gasteiger partial charge in [0, 0.05) is 37.6 Å². The smallest absolute Gasteiger partial charge is 0.330 e. The van der Waals surface area contributed by atoms with E-state index < -0.39 is 11.2 Å². The van der Waals surface area contributed by atoms with Crippen molar-refractivity contribution in [3.05, 3.63) is 53.6 Å². The number of hydrogen-bond donors (Lipinski definition) is 1. The topological polar surface area (TPSA) is 53.0 Å². The molecule has 2 aromatic carbocycles. The van der Waals surface area contributed by atoms with Gasteiger partial charge in [-0.05, 0) is 70.0 Å². The van der Waals surface area contributed by atoms with Crippen LogP contribution in [0, 0.1) is 0 Å². The van der Waals surface area contributed by atoms with Gasteiger partial charge >= 0.3 is 7.48 Å². The van der Waals surface area contributed by atoms with Gasteiger partial charge in [-0.3, -0.25) is 4.79 Å². The molecule has 1 heterocycles. The van der Waals surface area contributed by atoms with Crippen molar-refractivity contribution in [2.75, 3.05) is 30.4 Å². The Morgan fingerprint density at radius 3 is 2.48 bits per heavy atom. The third kappa shape index (κ3) is 4.49. The first-order valence-corrected chi connectivity index (χ1v) is 9.95. The normalized spacial score (nSPS) is 14.6. The summed E-state index contributed by atoms with van der Waals surface area (Å²) in [6.07, 6.45) is 0.818. The van der Waals surface area contributed by atoms with Gasteiger partial charge in [0.2, 0.25) is 0 Å². The molecule has 1 aliphatic heterocycles. The van der Waals surface area contributed by atoms with Gasteiger partial charge in [0.15, 0.2) is 0 Å². The first kappa shape index (κ1) is 21.4. The molecule has 0 fully saturated rings. The number of carbonyl (C=O) groups is 1. The molecule has 1 N–H and O–H groups in total. The fourth-order valence-electron chi connectivity index (χ4n) is 3.12. The zero-order valence-electron chi connectivity index (χ0n) is 18.2. The van der Waals surface area contributed by atoms with Crippen molar-refractivity contribution in [2.45, 2.75) is 45.3 Å². The van der Waals surface area contributed by atoms with E-state index in [4.69, 9.17) is 4.65 Å². The minimum atomic E-state index is -0.987. The first-order valence-electron chi connectivity index (χ1n) is 9.95. The quantitative estimate of drug-likeness (QED) is 0.767. The van der Waals surface area contributed by atoms with Crippen LogP contribution in [0.25, 0.3) is 0 Å². The summed E-state index contributed by atoms with van der Waals surface area (Å²) in [6, 6.07) is 13.7. The summed E-state index contributed by atoms with van der Waals surface area (Å²) in [6.45, 7) is 7.79. The second-order valence-electron chi connectivity index (χ2n) is 8.84. The SMILES string of the molecule is CN(C)c1ccc2c(c1)CCN(c1cccc([B]OC(C)(C)C(C)(C)O)c1)C2=O. The van der Waals surface area contributed by atoms with Crippen LogP contribution >= 0.6 is 0 Å². The highest BCUT2D eigenvalue weighted by Crippen LogP contribution is 2.27. The van der Waals surface area contributed by atoms with Crippen molar-refractivity contribution in [3.8, 4) is 0 Å². The van der Waals surface area contributed by atoms with Crippen molar-refractivity contribution in [1.29, 1.82) is 0 Å². The molecule has 6 heteroatoms. The van der Waals surface area contributed by atoms with Crippen LogP contribution in [0.4, 0.5) is 11.4 Å². The Kier molecular flexibility index (Phi) is 5.79. The molecule has 5 nitrogen and oxygen atoms in total. The molecule has 0 saturated carbocycles. The van der Waals surface area contributed by atoms with E-state index >= 15 is 0 Å². The molecule has 153 valence electrons. The van der Waals surface area contributed by atoms with Crippen LogP contribution in [0.15, 0.2) is 42.5 Å². The van der Waals surface area contributed by atoms with Crippen LogP contribution in [0.5, 0.6) is 0 Å². The number of aliphatic hydroxyl groups is 1. The van der Waals surface area contributed by atoms with Crippen molar-refractivity contribution >= 4 is 30.2 Å². The van der Waals surface area contributed by atoms with E-state index in [1.165, 1.54) is 0 Å². The van der Waals surface area contributed by atoms with Gasteiger partial charge in [0.25, 0.3) is 5.91 Å². The molecule has 1 aliphatic rings. The van der Waals surface area contributed by atoms with Gasteiger partial charge < -0.3 is 19.6 Å². The average Bonchev–Trinajstić information content (AvgIpc) is 2.66. The molecule has 1 amide bonds. The lowest BCUT2D eigenvalue weighted by molar-refractivity contribution is -0.0893. The minimum absolute atomic E-state index is 0.0199. The Bertz CT molecular complexity index is 903. The van der Waals surface area contributed by atoms with Crippen LogP contribution in [-0.4, -0.2) is 50.3 Å². The lowest BCUT2D eigenvalue weighted by Crippen LogP contribution is -2.49. The molecule has 0 saturated heterocycles. The number of anilines is 2. The van der Waals surface area contributed by atoms with Crippen LogP contribution in [0.2, 0.25) is 0 Å². The van der Waals surface area contributed by atoms with Crippen LogP contribution in [0.3, 0.4) is 0 Å². The Labute approximate surface area is 174 Å². The number of nitrogens with zero attached hydrogens (tertiary/aromatic N) is 2. The van der Waals surface area contributed by atoms with E-state index in [1.54, 1.807) is 21.3 Å². The van der Waals surface area contributed by atoms with E-state index in [2.05, 4.69) is 6.07 Å². The van der Waals surface area contributed by atoms with E-state index in [9.17, 15) is 9.90 Å². The summed E-state index contributed by atoms with van der Waals surface area (Å²) < 4.78 is 5.86. The molecule has 2 aromatic rings. The monoisotopic (exact) mass is 393 g/mol. The van der Waals surface area contributed by atoms with Crippen molar-refractivity contribution in [1.82, 2.24) is 0 Å². The van der Waals surface area contributed by atoms with E-state index in [1.807, 2.05) is 74.1 Å². The summed E-state index contributed by atoms with van der Waals surface area (Å²) in [5.41, 5.74) is 2.92. The molecule has 1 radical (unpaired) electrons. The van der Waals surface area contributed by atoms with Crippen LogP contribution in [0.1, 0.15) is 43.6 Å². The number of benzene rings is 2. The second-order valence-corrected chi connectivity index (χ2v) is 8.84. The summed E-state index contributed by atoms with van der Waals surface area (Å²) in [7, 11) is 5.65. The molecule has 0 unspecified atom stereocenters. The van der Waals surface area contributed by atoms with Crippen LogP contribution < -0.4 is 15.3 Å². The number of fused-ring (bicyclic) bond motifs is 1. The lowest BCUT2D eigenvalue weighted by Gasteiger charge is -2.37. The maximum atomic E-state index is 13.1. The largest absolute Gasteiger partial charge is 0.427 e. The Morgan fingerprint density at radius 1 is 1.10 bits per heavy atom. The fourth-order valence-corrected chi connectivity index (χ4v) is 3.12. The fraction of sp³-hybridized carbons (Fsp3) is 0.435. The van der Waals surface area contributed by atoms with E-state index in [0.717, 1.165) is 34.4 Å². The summed E-state index contributed by atoms with van der Waals surface area (Å²) >= 11 is 0. The average molecular weight is 393 g/mol. The zero-order valence-corrected chi connectivity index (χ0v) is 18.2. The van der Waals surface area contributed by atoms with Crippen molar-refractivity contribution in [3.63, 3.8) is 0 Å². The maximum Gasteiger partial charge on any atom is 0.330 e. The molecule has 0 spiro atoms. The molecule has 3 rings (SSSR count). The van der Waals surface area contributed by atoms with Gasteiger partial charge in [0.1, 0.15) is 0 Å². The van der Waals surface area contributed by atoms with Crippen molar-refractivity contribution < 1.29 is 14.6 Å².